The summed E-state index contributed by atoms with van der Waals surface area (Å²) in [6.07, 6.45) is 1.06. The van der Waals surface area contributed by atoms with Gasteiger partial charge in [0.2, 0.25) is 21.7 Å². The van der Waals surface area contributed by atoms with Crippen LogP contribution in [0.15, 0.2) is 33.7 Å². The summed E-state index contributed by atoms with van der Waals surface area (Å²) < 4.78 is 60.4. The zero-order valence-corrected chi connectivity index (χ0v) is 19.3. The third-order valence-corrected chi connectivity index (χ3v) is 8.49. The first-order valence-corrected chi connectivity index (χ1v) is 11.9. The Hall–Kier alpha value is -2.65. The lowest BCUT2D eigenvalue weighted by Crippen LogP contribution is -2.38. The van der Waals surface area contributed by atoms with E-state index < -0.39 is 21.7 Å². The summed E-state index contributed by atoms with van der Waals surface area (Å²) in [5.41, 5.74) is 3.79. The second-order valence-corrected chi connectivity index (χ2v) is 10.2. The standard InChI is InChI=1S/C23H25F2N3O3S/c1-13-11-14(2)16(4)21(15(13)3)32(29,30)28-9-7-17(8-10-28)23-26-22(27-31-23)18-5-6-19(24)20(25)12-18/h5-6,11-12,17H,7-10H2,1-4H3. The maximum atomic E-state index is 13.5. The van der Waals surface area contributed by atoms with Crippen molar-refractivity contribution >= 4 is 10.0 Å². The van der Waals surface area contributed by atoms with E-state index in [-0.39, 0.29) is 11.7 Å². The summed E-state index contributed by atoms with van der Waals surface area (Å²) in [4.78, 5) is 4.73. The molecule has 1 aliphatic rings. The van der Waals surface area contributed by atoms with E-state index in [4.69, 9.17) is 4.52 Å². The minimum Gasteiger partial charge on any atom is -0.339 e. The molecule has 6 nitrogen and oxygen atoms in total. The molecule has 2 heterocycles. The van der Waals surface area contributed by atoms with Crippen molar-refractivity contribution < 1.29 is 21.7 Å². The number of aromatic nitrogens is 2. The van der Waals surface area contributed by atoms with Crippen LogP contribution in [0.2, 0.25) is 0 Å². The van der Waals surface area contributed by atoms with Crippen LogP contribution in [0.25, 0.3) is 11.4 Å². The molecule has 0 radical (unpaired) electrons. The quantitative estimate of drug-likeness (QED) is 0.557. The van der Waals surface area contributed by atoms with E-state index in [1.54, 1.807) is 0 Å². The summed E-state index contributed by atoms with van der Waals surface area (Å²) in [6, 6.07) is 5.43. The predicted octanol–water partition coefficient (Wildman–Crippen LogP) is 4.82. The van der Waals surface area contributed by atoms with Crippen LogP contribution in [-0.4, -0.2) is 36.0 Å². The molecular weight excluding hydrogens is 436 g/mol. The molecule has 0 spiro atoms. The molecule has 0 bridgehead atoms. The molecular formula is C23H25F2N3O3S. The van der Waals surface area contributed by atoms with E-state index in [9.17, 15) is 17.2 Å². The van der Waals surface area contributed by atoms with Crippen LogP contribution in [0.5, 0.6) is 0 Å². The van der Waals surface area contributed by atoms with Gasteiger partial charge < -0.3 is 4.52 Å². The molecule has 1 aliphatic heterocycles. The van der Waals surface area contributed by atoms with Gasteiger partial charge in [-0.15, -0.1) is 0 Å². The molecule has 3 aromatic rings. The van der Waals surface area contributed by atoms with E-state index >= 15 is 0 Å². The molecule has 1 saturated heterocycles. The van der Waals surface area contributed by atoms with E-state index in [0.29, 0.717) is 42.3 Å². The fraction of sp³-hybridized carbons (Fsp3) is 0.391. The van der Waals surface area contributed by atoms with E-state index in [2.05, 4.69) is 10.1 Å². The number of benzene rings is 2. The van der Waals surface area contributed by atoms with Crippen LogP contribution in [0, 0.1) is 39.3 Å². The highest BCUT2D eigenvalue weighted by Gasteiger charge is 2.34. The van der Waals surface area contributed by atoms with Crippen LogP contribution >= 0.6 is 0 Å². The summed E-state index contributed by atoms with van der Waals surface area (Å²) in [6.45, 7) is 8.21. The smallest absolute Gasteiger partial charge is 0.243 e. The summed E-state index contributed by atoms with van der Waals surface area (Å²) >= 11 is 0. The number of aryl methyl sites for hydroxylation is 2. The molecule has 0 saturated carbocycles. The third kappa shape index (κ3) is 3.95. The molecule has 32 heavy (non-hydrogen) atoms. The van der Waals surface area contributed by atoms with Crippen molar-refractivity contribution in [2.24, 2.45) is 0 Å². The number of rotatable bonds is 4. The largest absolute Gasteiger partial charge is 0.339 e. The predicted molar refractivity (Wildman–Crippen MR) is 116 cm³/mol. The molecule has 1 aromatic heterocycles. The van der Waals surface area contributed by atoms with Gasteiger partial charge in [0.1, 0.15) is 0 Å². The van der Waals surface area contributed by atoms with Crippen molar-refractivity contribution in [1.82, 2.24) is 14.4 Å². The van der Waals surface area contributed by atoms with Crippen molar-refractivity contribution in [3.63, 3.8) is 0 Å². The summed E-state index contributed by atoms with van der Waals surface area (Å²) in [5.74, 6) is -1.48. The van der Waals surface area contributed by atoms with Gasteiger partial charge in [0.05, 0.1) is 4.90 Å². The van der Waals surface area contributed by atoms with Gasteiger partial charge in [0.15, 0.2) is 11.6 Å². The Morgan fingerprint density at radius 1 is 0.969 bits per heavy atom. The second-order valence-electron chi connectivity index (χ2n) is 8.35. The Morgan fingerprint density at radius 2 is 1.59 bits per heavy atom. The monoisotopic (exact) mass is 461 g/mol. The van der Waals surface area contributed by atoms with E-state index in [1.165, 1.54) is 10.4 Å². The zero-order chi connectivity index (χ0) is 23.2. The number of hydrogen-bond acceptors (Lipinski definition) is 5. The molecule has 0 aliphatic carbocycles. The van der Waals surface area contributed by atoms with Gasteiger partial charge in [-0.2, -0.15) is 9.29 Å². The lowest BCUT2D eigenvalue weighted by molar-refractivity contribution is 0.270. The van der Waals surface area contributed by atoms with Gasteiger partial charge >= 0.3 is 0 Å². The SMILES string of the molecule is Cc1cc(C)c(C)c(S(=O)(=O)N2CCC(c3nc(-c4ccc(F)c(F)c4)no3)CC2)c1C. The maximum absolute atomic E-state index is 13.5. The van der Waals surface area contributed by atoms with Crippen LogP contribution in [0.4, 0.5) is 8.78 Å². The molecule has 0 amide bonds. The van der Waals surface area contributed by atoms with Crippen molar-refractivity contribution in [3.05, 3.63) is 64.0 Å². The molecule has 1 fully saturated rings. The van der Waals surface area contributed by atoms with Gasteiger partial charge in [-0.05, 0) is 81.0 Å². The lowest BCUT2D eigenvalue weighted by atomic mass is 9.98. The molecule has 2 aromatic carbocycles. The van der Waals surface area contributed by atoms with E-state index in [1.807, 2.05) is 33.8 Å². The van der Waals surface area contributed by atoms with Gasteiger partial charge in [0.25, 0.3) is 0 Å². The molecule has 4 rings (SSSR count). The van der Waals surface area contributed by atoms with Crippen LogP contribution in [0.3, 0.4) is 0 Å². The Labute approximate surface area is 186 Å². The molecule has 9 heteroatoms. The highest BCUT2D eigenvalue weighted by Crippen LogP contribution is 2.34. The van der Waals surface area contributed by atoms with E-state index in [0.717, 1.165) is 34.4 Å². The van der Waals surface area contributed by atoms with Crippen LogP contribution < -0.4 is 0 Å². The zero-order valence-electron chi connectivity index (χ0n) is 18.4. The molecule has 170 valence electrons. The summed E-state index contributed by atoms with van der Waals surface area (Å²) in [5, 5.41) is 3.88. The first-order chi connectivity index (χ1) is 15.1. The minimum absolute atomic E-state index is 0.102. The Morgan fingerprint density at radius 3 is 2.19 bits per heavy atom. The fourth-order valence-electron chi connectivity index (χ4n) is 4.19. The summed E-state index contributed by atoms with van der Waals surface area (Å²) in [7, 11) is -3.63. The Balaban J connectivity index is 1.52. The first kappa shape index (κ1) is 22.5. The van der Waals surface area contributed by atoms with Gasteiger partial charge in [-0.25, -0.2) is 17.2 Å². The number of piperidine rings is 1. The van der Waals surface area contributed by atoms with Gasteiger partial charge in [-0.3, -0.25) is 0 Å². The third-order valence-electron chi connectivity index (χ3n) is 6.32. The van der Waals surface area contributed by atoms with Crippen molar-refractivity contribution in [1.29, 1.82) is 0 Å². The Kier molecular flexibility index (Phi) is 5.89. The lowest BCUT2D eigenvalue weighted by Gasteiger charge is -2.31. The molecule has 0 unspecified atom stereocenters. The van der Waals surface area contributed by atoms with Crippen LogP contribution in [0.1, 0.15) is 46.9 Å². The fourth-order valence-corrected chi connectivity index (χ4v) is 6.24. The van der Waals surface area contributed by atoms with Crippen molar-refractivity contribution in [2.75, 3.05) is 13.1 Å². The Bertz CT molecular complexity index is 1250. The normalized spacial score (nSPS) is 15.9. The molecule has 0 atom stereocenters. The highest BCUT2D eigenvalue weighted by molar-refractivity contribution is 7.89. The molecule has 0 N–H and O–H groups in total. The average Bonchev–Trinajstić information content (AvgIpc) is 3.25. The minimum atomic E-state index is -3.63. The maximum Gasteiger partial charge on any atom is 0.243 e. The number of sulfonamides is 1. The van der Waals surface area contributed by atoms with Gasteiger partial charge in [-0.1, -0.05) is 11.2 Å². The first-order valence-electron chi connectivity index (χ1n) is 10.5. The van der Waals surface area contributed by atoms with Crippen LogP contribution in [-0.2, 0) is 10.0 Å². The number of halogens is 2. The number of nitrogens with zero attached hydrogens (tertiary/aromatic N) is 3. The van der Waals surface area contributed by atoms with Crippen molar-refractivity contribution in [2.45, 2.75) is 51.3 Å². The van der Waals surface area contributed by atoms with Crippen molar-refractivity contribution in [3.8, 4) is 11.4 Å². The topological polar surface area (TPSA) is 76.3 Å². The average molecular weight is 462 g/mol. The second kappa shape index (κ2) is 8.37. The highest BCUT2D eigenvalue weighted by atomic mass is 32.2. The van der Waals surface area contributed by atoms with Gasteiger partial charge in [0, 0.05) is 24.6 Å². The number of hydrogen-bond donors (Lipinski definition) is 0.